The minimum atomic E-state index is -3.83. The number of anilines is 1. The predicted molar refractivity (Wildman–Crippen MR) is 167 cm³/mol. The van der Waals surface area contributed by atoms with Crippen molar-refractivity contribution in [3.8, 4) is 0 Å². The van der Waals surface area contributed by atoms with Crippen LogP contribution in [0.4, 0.5) is 10.1 Å². The van der Waals surface area contributed by atoms with Crippen molar-refractivity contribution >= 4 is 50.7 Å². The van der Waals surface area contributed by atoms with E-state index in [2.05, 4.69) is 5.32 Å². The van der Waals surface area contributed by atoms with Gasteiger partial charge >= 0.3 is 0 Å². The van der Waals surface area contributed by atoms with Crippen molar-refractivity contribution in [3.05, 3.63) is 99.8 Å². The van der Waals surface area contributed by atoms with E-state index in [4.69, 9.17) is 23.2 Å². The van der Waals surface area contributed by atoms with E-state index in [0.717, 1.165) is 29.0 Å². The maximum absolute atomic E-state index is 14.5. The van der Waals surface area contributed by atoms with E-state index in [1.807, 2.05) is 37.3 Å². The number of nitrogens with one attached hydrogen (secondary N) is 1. The lowest BCUT2D eigenvalue weighted by Crippen LogP contribution is -2.50. The third-order valence-electron chi connectivity index (χ3n) is 6.76. The van der Waals surface area contributed by atoms with Gasteiger partial charge in [-0.15, -0.1) is 0 Å². The molecule has 0 aromatic heterocycles. The van der Waals surface area contributed by atoms with Gasteiger partial charge in [-0.1, -0.05) is 85.1 Å². The molecule has 0 radical (unpaired) electrons. The van der Waals surface area contributed by atoms with E-state index in [9.17, 15) is 22.4 Å². The number of hydrogen-bond donors (Lipinski definition) is 1. The molecule has 0 heterocycles. The molecular weight excluding hydrogens is 600 g/mol. The monoisotopic (exact) mass is 635 g/mol. The van der Waals surface area contributed by atoms with Gasteiger partial charge in [-0.25, -0.2) is 12.8 Å². The third-order valence-corrected chi connectivity index (χ3v) is 8.65. The van der Waals surface area contributed by atoms with Gasteiger partial charge in [0.25, 0.3) is 0 Å². The second-order valence-electron chi connectivity index (χ2n) is 9.96. The molecule has 0 spiro atoms. The number of unbranched alkanes of at least 4 members (excludes halogenated alkanes) is 1. The highest BCUT2D eigenvalue weighted by Crippen LogP contribution is 2.28. The molecule has 1 unspecified atom stereocenters. The molecule has 0 aliphatic heterocycles. The number of carbonyl (C=O) groups is 2. The van der Waals surface area contributed by atoms with Crippen molar-refractivity contribution in [1.82, 2.24) is 10.2 Å². The van der Waals surface area contributed by atoms with Gasteiger partial charge in [0.2, 0.25) is 21.8 Å². The number of rotatable bonds is 15. The zero-order chi connectivity index (χ0) is 30.7. The summed E-state index contributed by atoms with van der Waals surface area (Å²) in [6, 6.07) is 19.1. The molecule has 3 rings (SSSR count). The van der Waals surface area contributed by atoms with Gasteiger partial charge < -0.3 is 10.2 Å². The Balaban J connectivity index is 1.92. The summed E-state index contributed by atoms with van der Waals surface area (Å²) in [7, 11) is -3.83. The van der Waals surface area contributed by atoms with Crippen LogP contribution in [0.2, 0.25) is 10.0 Å². The van der Waals surface area contributed by atoms with Crippen LogP contribution in [-0.2, 0) is 32.6 Å². The Hall–Kier alpha value is -3.14. The highest BCUT2D eigenvalue weighted by atomic mass is 35.5. The van der Waals surface area contributed by atoms with Crippen molar-refractivity contribution in [2.24, 2.45) is 0 Å². The fourth-order valence-electron chi connectivity index (χ4n) is 4.55. The van der Waals surface area contributed by atoms with Crippen LogP contribution < -0.4 is 9.62 Å². The number of nitrogens with zero attached hydrogens (tertiary/aromatic N) is 2. The lowest BCUT2D eigenvalue weighted by Gasteiger charge is -2.32. The molecule has 7 nitrogen and oxygen atoms in total. The van der Waals surface area contributed by atoms with Gasteiger partial charge in [-0.05, 0) is 42.7 Å². The normalized spacial score (nSPS) is 12.0. The van der Waals surface area contributed by atoms with E-state index in [0.29, 0.717) is 22.2 Å². The number of hydrogen-bond acceptors (Lipinski definition) is 4. The summed E-state index contributed by atoms with van der Waals surface area (Å²) >= 11 is 12.9. The minimum Gasteiger partial charge on any atom is -0.354 e. The first-order valence-corrected chi connectivity index (χ1v) is 16.4. The Morgan fingerprint density at radius 1 is 0.929 bits per heavy atom. The Labute approximate surface area is 257 Å². The Morgan fingerprint density at radius 3 is 2.19 bits per heavy atom. The molecule has 226 valence electrons. The molecule has 0 aliphatic rings. The van der Waals surface area contributed by atoms with Crippen LogP contribution in [-0.4, -0.2) is 50.5 Å². The average Bonchev–Trinajstić information content (AvgIpc) is 2.95. The van der Waals surface area contributed by atoms with Crippen LogP contribution in [0.1, 0.15) is 43.7 Å². The highest BCUT2D eigenvalue weighted by molar-refractivity contribution is 7.92. The number of halogens is 3. The SMILES string of the molecule is CCCCNC(=O)C(Cc1ccccc1)N(Cc1c(Cl)cccc1Cl)C(=O)CCCN(c1ccccc1F)S(C)(=O)=O. The fraction of sp³-hybridized carbons (Fsp3) is 0.355. The molecule has 1 atom stereocenters. The largest absolute Gasteiger partial charge is 0.354 e. The quantitative estimate of drug-likeness (QED) is 0.200. The second kappa shape index (κ2) is 15.9. The second-order valence-corrected chi connectivity index (χ2v) is 12.7. The van der Waals surface area contributed by atoms with E-state index >= 15 is 0 Å². The topological polar surface area (TPSA) is 86.8 Å². The number of sulfonamides is 1. The molecule has 3 aromatic carbocycles. The summed E-state index contributed by atoms with van der Waals surface area (Å²) in [5.74, 6) is -1.39. The first-order valence-electron chi connectivity index (χ1n) is 13.8. The molecule has 0 bridgehead atoms. The summed E-state index contributed by atoms with van der Waals surface area (Å²) in [4.78, 5) is 28.9. The summed E-state index contributed by atoms with van der Waals surface area (Å²) < 4.78 is 40.5. The summed E-state index contributed by atoms with van der Waals surface area (Å²) in [5.41, 5.74) is 1.26. The van der Waals surface area contributed by atoms with Crippen LogP contribution in [0, 0.1) is 5.82 Å². The maximum Gasteiger partial charge on any atom is 0.243 e. The van der Waals surface area contributed by atoms with Crippen LogP contribution >= 0.6 is 23.2 Å². The van der Waals surface area contributed by atoms with Crippen molar-refractivity contribution in [2.75, 3.05) is 23.7 Å². The molecule has 0 fully saturated rings. The van der Waals surface area contributed by atoms with Crippen molar-refractivity contribution < 1.29 is 22.4 Å². The molecular formula is C31H36Cl2FN3O4S. The number of amides is 2. The van der Waals surface area contributed by atoms with Crippen LogP contribution in [0.5, 0.6) is 0 Å². The summed E-state index contributed by atoms with van der Waals surface area (Å²) in [5, 5.41) is 3.66. The molecule has 0 saturated carbocycles. The predicted octanol–water partition coefficient (Wildman–Crippen LogP) is 6.24. The molecule has 2 amide bonds. The lowest BCUT2D eigenvalue weighted by atomic mass is 10.0. The maximum atomic E-state index is 14.5. The van der Waals surface area contributed by atoms with Gasteiger partial charge in [-0.2, -0.15) is 0 Å². The Kier molecular flexibility index (Phi) is 12.6. The van der Waals surface area contributed by atoms with Crippen LogP contribution in [0.15, 0.2) is 72.8 Å². The van der Waals surface area contributed by atoms with Crippen molar-refractivity contribution in [3.63, 3.8) is 0 Å². The van der Waals surface area contributed by atoms with Gasteiger partial charge in [0.1, 0.15) is 11.9 Å². The smallest absolute Gasteiger partial charge is 0.243 e. The van der Waals surface area contributed by atoms with Crippen LogP contribution in [0.3, 0.4) is 0 Å². The Bertz CT molecular complexity index is 1440. The number of para-hydroxylation sites is 1. The van der Waals surface area contributed by atoms with Gasteiger partial charge in [0.15, 0.2) is 0 Å². The zero-order valence-corrected chi connectivity index (χ0v) is 26.1. The fourth-order valence-corrected chi connectivity index (χ4v) is 6.03. The number of carbonyl (C=O) groups excluding carboxylic acids is 2. The van der Waals surface area contributed by atoms with E-state index in [-0.39, 0.29) is 49.9 Å². The number of benzene rings is 3. The molecule has 1 N–H and O–H groups in total. The molecule has 11 heteroatoms. The minimum absolute atomic E-state index is 0.0286. The first-order chi connectivity index (χ1) is 20.0. The lowest BCUT2D eigenvalue weighted by molar-refractivity contribution is -0.141. The van der Waals surface area contributed by atoms with Gasteiger partial charge in [0, 0.05) is 48.1 Å². The third kappa shape index (κ3) is 9.44. The van der Waals surface area contributed by atoms with E-state index in [1.165, 1.54) is 23.1 Å². The van der Waals surface area contributed by atoms with Crippen molar-refractivity contribution in [1.29, 1.82) is 0 Å². The summed E-state index contributed by atoms with van der Waals surface area (Å²) in [6.45, 7) is 2.32. The van der Waals surface area contributed by atoms with Crippen LogP contribution in [0.25, 0.3) is 0 Å². The zero-order valence-electron chi connectivity index (χ0n) is 23.7. The average molecular weight is 637 g/mol. The molecule has 42 heavy (non-hydrogen) atoms. The van der Waals surface area contributed by atoms with Gasteiger partial charge in [0.05, 0.1) is 11.9 Å². The molecule has 3 aromatic rings. The Morgan fingerprint density at radius 2 is 1.57 bits per heavy atom. The van der Waals surface area contributed by atoms with E-state index in [1.54, 1.807) is 24.3 Å². The summed E-state index contributed by atoms with van der Waals surface area (Å²) in [6.07, 6.45) is 2.89. The standard InChI is InChI=1S/C31H36Cl2FN3O4S/c1-3-4-19-35-31(39)29(21-23-12-6-5-7-13-23)36(22-24-25(32)14-10-15-26(24)33)30(38)18-11-20-37(42(2,40)41)28-17-9-8-16-27(28)34/h5-10,12-17,29H,3-4,11,18-22H2,1-2H3,(H,35,39). The molecule has 0 saturated heterocycles. The molecule has 0 aliphatic carbocycles. The highest BCUT2D eigenvalue weighted by Gasteiger charge is 2.31. The first kappa shape index (κ1) is 33.4. The van der Waals surface area contributed by atoms with E-state index < -0.39 is 21.9 Å². The van der Waals surface area contributed by atoms with Gasteiger partial charge in [-0.3, -0.25) is 13.9 Å². The van der Waals surface area contributed by atoms with Crippen molar-refractivity contribution in [2.45, 2.75) is 51.6 Å².